The average molecular weight is 515 g/mol. The summed E-state index contributed by atoms with van der Waals surface area (Å²) in [6, 6.07) is 17.2. The molecular formula is C35H46O3. The number of carbonyl (C=O) groups is 1. The van der Waals surface area contributed by atoms with E-state index in [9.17, 15) is 9.90 Å². The fraction of sp³-hybridized carbons (Fsp3) is 0.457. The van der Waals surface area contributed by atoms with Gasteiger partial charge in [-0.25, -0.2) is 4.79 Å². The third-order valence-electron chi connectivity index (χ3n) is 7.00. The smallest absolute Gasteiger partial charge is 0.343 e. The van der Waals surface area contributed by atoms with Gasteiger partial charge in [0.25, 0.3) is 0 Å². The van der Waals surface area contributed by atoms with Crippen LogP contribution in [0.25, 0.3) is 11.1 Å². The molecule has 0 spiro atoms. The Balaban J connectivity index is 2.33. The van der Waals surface area contributed by atoms with Crippen molar-refractivity contribution in [2.45, 2.75) is 105 Å². The third kappa shape index (κ3) is 6.49. The first kappa shape index (κ1) is 29.5. The molecule has 0 saturated heterocycles. The molecule has 0 saturated carbocycles. The lowest BCUT2D eigenvalue weighted by Crippen LogP contribution is -2.23. The molecule has 38 heavy (non-hydrogen) atoms. The maximum Gasteiger partial charge on any atom is 0.343 e. The van der Waals surface area contributed by atoms with Crippen molar-refractivity contribution in [2.75, 3.05) is 0 Å². The van der Waals surface area contributed by atoms with Gasteiger partial charge in [0.15, 0.2) is 0 Å². The molecular weight excluding hydrogens is 468 g/mol. The summed E-state index contributed by atoms with van der Waals surface area (Å²) >= 11 is 0. The number of aromatic hydroxyl groups is 1. The molecule has 3 nitrogen and oxygen atoms in total. The number of esters is 1. The van der Waals surface area contributed by atoms with Crippen molar-refractivity contribution >= 4 is 5.97 Å². The number of benzene rings is 3. The van der Waals surface area contributed by atoms with E-state index in [1.54, 1.807) is 12.1 Å². The van der Waals surface area contributed by atoms with Crippen molar-refractivity contribution in [3.05, 3.63) is 82.4 Å². The van der Waals surface area contributed by atoms with Crippen LogP contribution >= 0.6 is 0 Å². The van der Waals surface area contributed by atoms with E-state index in [-0.39, 0.29) is 27.4 Å². The topological polar surface area (TPSA) is 46.5 Å². The van der Waals surface area contributed by atoms with Gasteiger partial charge in [-0.15, -0.1) is 0 Å². The van der Waals surface area contributed by atoms with E-state index in [2.05, 4.69) is 101 Å². The highest BCUT2D eigenvalue weighted by Crippen LogP contribution is 2.46. The molecule has 0 amide bonds. The largest absolute Gasteiger partial charge is 0.508 e. The number of carbonyl (C=O) groups excluding carboxylic acids is 1. The number of phenols is 1. The van der Waals surface area contributed by atoms with Gasteiger partial charge in [0.2, 0.25) is 0 Å². The molecule has 3 aromatic carbocycles. The summed E-state index contributed by atoms with van der Waals surface area (Å²) in [6.07, 6.45) is 0. The summed E-state index contributed by atoms with van der Waals surface area (Å²) in [7, 11) is 0. The fourth-order valence-electron chi connectivity index (χ4n) is 4.76. The zero-order valence-electron chi connectivity index (χ0n) is 25.5. The minimum Gasteiger partial charge on any atom is -0.508 e. The van der Waals surface area contributed by atoms with E-state index in [1.807, 2.05) is 12.1 Å². The Bertz CT molecular complexity index is 1280. The van der Waals surface area contributed by atoms with Crippen LogP contribution in [0, 0.1) is 0 Å². The Labute approximate surface area is 230 Å². The van der Waals surface area contributed by atoms with E-state index < -0.39 is 5.97 Å². The van der Waals surface area contributed by atoms with Gasteiger partial charge >= 0.3 is 5.97 Å². The first-order chi connectivity index (χ1) is 17.2. The van der Waals surface area contributed by atoms with E-state index in [0.29, 0.717) is 11.3 Å². The maximum absolute atomic E-state index is 13.0. The maximum atomic E-state index is 13.0. The Kier molecular flexibility index (Phi) is 7.69. The first-order valence-electron chi connectivity index (χ1n) is 13.6. The van der Waals surface area contributed by atoms with E-state index >= 15 is 0 Å². The lowest BCUT2D eigenvalue weighted by molar-refractivity contribution is 0.0734. The Hall–Kier alpha value is -3.07. The molecule has 0 atom stereocenters. The molecule has 3 heteroatoms. The van der Waals surface area contributed by atoms with Gasteiger partial charge in [0.05, 0.1) is 5.56 Å². The molecule has 0 fully saturated rings. The van der Waals surface area contributed by atoms with Crippen LogP contribution < -0.4 is 4.74 Å². The summed E-state index contributed by atoms with van der Waals surface area (Å²) in [6.45, 7) is 26.9. The molecule has 0 aliphatic rings. The van der Waals surface area contributed by atoms with Crippen LogP contribution in [0.1, 0.15) is 116 Å². The van der Waals surface area contributed by atoms with Gasteiger partial charge in [-0.05, 0) is 91.4 Å². The van der Waals surface area contributed by atoms with E-state index in [4.69, 9.17) is 4.74 Å². The van der Waals surface area contributed by atoms with Crippen LogP contribution in [0.4, 0.5) is 0 Å². The molecule has 1 N–H and O–H groups in total. The van der Waals surface area contributed by atoms with E-state index in [0.717, 1.165) is 11.1 Å². The summed E-state index contributed by atoms with van der Waals surface area (Å²) in [5, 5.41) is 9.61. The highest BCUT2D eigenvalue weighted by atomic mass is 16.5. The Morgan fingerprint density at radius 3 is 1.50 bits per heavy atom. The Morgan fingerprint density at radius 2 is 1.08 bits per heavy atom. The van der Waals surface area contributed by atoms with Crippen molar-refractivity contribution < 1.29 is 14.6 Å². The first-order valence-corrected chi connectivity index (χ1v) is 13.6. The normalized spacial score (nSPS) is 12.9. The second kappa shape index (κ2) is 9.91. The number of phenolic OH excluding ortho intramolecular Hbond substituents is 1. The van der Waals surface area contributed by atoms with Crippen molar-refractivity contribution in [3.8, 4) is 22.6 Å². The minimum absolute atomic E-state index is 0.0462. The summed E-state index contributed by atoms with van der Waals surface area (Å²) in [5.41, 5.74) is 7.36. The SMILES string of the molecule is CC(C)(C)c1ccc(-c2c(C(C)(C)C)cc(OC(=O)c3ccc(O)cc3)cc2C(C)(C)C)c(C(C)(C)C)c1. The minimum atomic E-state index is -0.442. The van der Waals surface area contributed by atoms with Crippen LogP contribution in [-0.2, 0) is 21.7 Å². The van der Waals surface area contributed by atoms with Gasteiger partial charge in [-0.1, -0.05) is 101 Å². The number of hydrogen-bond donors (Lipinski definition) is 1. The van der Waals surface area contributed by atoms with Gasteiger partial charge in [-0.3, -0.25) is 0 Å². The fourth-order valence-corrected chi connectivity index (χ4v) is 4.76. The lowest BCUT2D eigenvalue weighted by atomic mass is 9.70. The zero-order valence-corrected chi connectivity index (χ0v) is 25.5. The monoisotopic (exact) mass is 514 g/mol. The van der Waals surface area contributed by atoms with Crippen LogP contribution in [0.2, 0.25) is 0 Å². The molecule has 0 aromatic heterocycles. The lowest BCUT2D eigenvalue weighted by Gasteiger charge is -2.34. The van der Waals surface area contributed by atoms with Crippen LogP contribution in [0.5, 0.6) is 11.5 Å². The number of rotatable bonds is 3. The standard InChI is InChI=1S/C35H46O3/c1-32(2,3)23-15-18-26(27(19-23)33(4,5)6)30-28(34(7,8)9)20-25(21-29(30)35(10,11)12)38-31(37)22-13-16-24(36)17-14-22/h13-21,36H,1-12H3. The molecule has 204 valence electrons. The predicted molar refractivity (Wildman–Crippen MR) is 160 cm³/mol. The zero-order chi connectivity index (χ0) is 28.8. The third-order valence-corrected chi connectivity index (χ3v) is 7.00. The number of ether oxygens (including phenoxy) is 1. The van der Waals surface area contributed by atoms with Crippen LogP contribution in [-0.4, -0.2) is 11.1 Å². The molecule has 0 heterocycles. The predicted octanol–water partition coefficient (Wildman–Crippen LogP) is 9.47. The molecule has 0 aliphatic heterocycles. The van der Waals surface area contributed by atoms with Crippen molar-refractivity contribution in [1.29, 1.82) is 0 Å². The second-order valence-corrected chi connectivity index (χ2v) is 14.6. The van der Waals surface area contributed by atoms with Gasteiger partial charge < -0.3 is 9.84 Å². The Morgan fingerprint density at radius 1 is 0.605 bits per heavy atom. The quantitative estimate of drug-likeness (QED) is 0.280. The van der Waals surface area contributed by atoms with Crippen LogP contribution in [0.3, 0.4) is 0 Å². The van der Waals surface area contributed by atoms with Gasteiger partial charge in [-0.2, -0.15) is 0 Å². The van der Waals surface area contributed by atoms with Crippen molar-refractivity contribution in [1.82, 2.24) is 0 Å². The molecule has 3 aromatic rings. The van der Waals surface area contributed by atoms with E-state index in [1.165, 1.54) is 34.4 Å². The highest BCUT2D eigenvalue weighted by molar-refractivity contribution is 5.91. The molecule has 3 rings (SSSR count). The second-order valence-electron chi connectivity index (χ2n) is 14.6. The molecule has 0 unspecified atom stereocenters. The molecule has 0 bridgehead atoms. The van der Waals surface area contributed by atoms with Gasteiger partial charge in [0, 0.05) is 0 Å². The van der Waals surface area contributed by atoms with Crippen molar-refractivity contribution in [3.63, 3.8) is 0 Å². The molecule has 0 aliphatic carbocycles. The van der Waals surface area contributed by atoms with Crippen LogP contribution in [0.15, 0.2) is 54.6 Å². The molecule has 0 radical (unpaired) electrons. The summed E-state index contributed by atoms with van der Waals surface area (Å²) in [5.74, 6) is 0.204. The highest BCUT2D eigenvalue weighted by Gasteiger charge is 2.32. The van der Waals surface area contributed by atoms with Crippen molar-refractivity contribution in [2.24, 2.45) is 0 Å². The average Bonchev–Trinajstić information content (AvgIpc) is 2.76. The number of hydrogen-bond acceptors (Lipinski definition) is 3. The summed E-state index contributed by atoms with van der Waals surface area (Å²) < 4.78 is 5.94. The van der Waals surface area contributed by atoms with Gasteiger partial charge in [0.1, 0.15) is 11.5 Å². The summed E-state index contributed by atoms with van der Waals surface area (Å²) in [4.78, 5) is 13.0.